The molecule has 0 aromatic heterocycles. The van der Waals surface area contributed by atoms with Gasteiger partial charge in [-0.05, 0) is 41.5 Å². The third kappa shape index (κ3) is 4.81. The fourth-order valence-corrected chi connectivity index (χ4v) is 5.23. The Kier molecular flexibility index (Phi) is 6.30. The normalized spacial score (nSPS) is 14.9. The zero-order valence-corrected chi connectivity index (χ0v) is 18.8. The number of ether oxygens (including phenoxy) is 1. The highest BCUT2D eigenvalue weighted by Gasteiger charge is 2.30. The third-order valence-corrected chi connectivity index (χ3v) is 7.51. The van der Waals surface area contributed by atoms with Crippen LogP contribution in [0.25, 0.3) is 10.8 Å². The Morgan fingerprint density at radius 2 is 1.70 bits per heavy atom. The summed E-state index contributed by atoms with van der Waals surface area (Å²) >= 11 is 0. The lowest BCUT2D eigenvalue weighted by atomic mass is 10.1. The van der Waals surface area contributed by atoms with Crippen molar-refractivity contribution in [3.05, 3.63) is 76.3 Å². The summed E-state index contributed by atoms with van der Waals surface area (Å²) in [7, 11) is -3.69. The topological polar surface area (TPSA) is 110 Å². The van der Waals surface area contributed by atoms with Gasteiger partial charge in [0, 0.05) is 32.2 Å². The van der Waals surface area contributed by atoms with Crippen LogP contribution < -0.4 is 4.74 Å². The Morgan fingerprint density at radius 1 is 1.00 bits per heavy atom. The SMILES string of the molecule is Cc1ccc([N+](=O)[O-])c(OCC(=O)N2CCN(S(=O)(=O)c3ccc4ccccc4c3)CC2)c1. The Morgan fingerprint density at radius 3 is 2.39 bits per heavy atom. The Labute approximate surface area is 191 Å². The number of nitro groups is 1. The highest BCUT2D eigenvalue weighted by atomic mass is 32.2. The van der Waals surface area contributed by atoms with E-state index in [9.17, 15) is 23.3 Å². The molecule has 1 fully saturated rings. The van der Waals surface area contributed by atoms with E-state index in [1.165, 1.54) is 21.3 Å². The summed E-state index contributed by atoms with van der Waals surface area (Å²) in [5.74, 6) is -0.320. The van der Waals surface area contributed by atoms with E-state index in [1.807, 2.05) is 24.3 Å². The fraction of sp³-hybridized carbons (Fsp3) is 0.261. The summed E-state index contributed by atoms with van der Waals surface area (Å²) in [6.45, 7) is 2.15. The molecular weight excluding hydrogens is 446 g/mol. The number of carbonyl (C=O) groups excluding carboxylic acids is 1. The second-order valence-corrected chi connectivity index (χ2v) is 9.75. The molecule has 4 rings (SSSR count). The molecule has 3 aromatic rings. The molecule has 9 nitrogen and oxygen atoms in total. The molecule has 0 saturated carbocycles. The molecule has 1 amide bonds. The molecular formula is C23H23N3O6S. The summed E-state index contributed by atoms with van der Waals surface area (Å²) in [5, 5.41) is 13.0. The van der Waals surface area contributed by atoms with Gasteiger partial charge in [0.25, 0.3) is 5.91 Å². The summed E-state index contributed by atoms with van der Waals surface area (Å²) in [5.41, 5.74) is 0.565. The van der Waals surface area contributed by atoms with Crippen LogP contribution in [-0.4, -0.2) is 61.2 Å². The first-order valence-electron chi connectivity index (χ1n) is 10.4. The zero-order valence-electron chi connectivity index (χ0n) is 18.0. The van der Waals surface area contributed by atoms with Crippen molar-refractivity contribution < 1.29 is 22.9 Å². The van der Waals surface area contributed by atoms with E-state index in [4.69, 9.17) is 4.74 Å². The van der Waals surface area contributed by atoms with E-state index in [1.54, 1.807) is 31.2 Å². The first-order valence-corrected chi connectivity index (χ1v) is 11.8. The van der Waals surface area contributed by atoms with Gasteiger partial charge in [0.1, 0.15) is 0 Å². The molecule has 3 aromatic carbocycles. The van der Waals surface area contributed by atoms with Crippen LogP contribution in [0.3, 0.4) is 0 Å². The maximum Gasteiger partial charge on any atom is 0.310 e. The van der Waals surface area contributed by atoms with Gasteiger partial charge in [-0.1, -0.05) is 36.4 Å². The first kappa shape index (κ1) is 22.7. The molecule has 1 aliphatic heterocycles. The smallest absolute Gasteiger partial charge is 0.310 e. The molecule has 1 saturated heterocycles. The van der Waals surface area contributed by atoms with Crippen molar-refractivity contribution in [1.82, 2.24) is 9.21 Å². The minimum Gasteiger partial charge on any atom is -0.477 e. The molecule has 1 heterocycles. The molecule has 1 aliphatic rings. The van der Waals surface area contributed by atoms with E-state index in [-0.39, 0.29) is 55.0 Å². The van der Waals surface area contributed by atoms with Crippen molar-refractivity contribution in [1.29, 1.82) is 0 Å². The fourth-order valence-electron chi connectivity index (χ4n) is 3.77. The van der Waals surface area contributed by atoms with Crippen LogP contribution in [0.2, 0.25) is 0 Å². The van der Waals surface area contributed by atoms with Crippen molar-refractivity contribution in [3.63, 3.8) is 0 Å². The molecule has 0 aliphatic carbocycles. The standard InChI is InChI=1S/C23H23N3O6S/c1-17-6-9-21(26(28)29)22(14-17)32-16-23(27)24-10-12-25(13-11-24)33(30,31)20-8-7-18-4-2-3-5-19(18)15-20/h2-9,14-15H,10-13,16H2,1H3. The summed E-state index contributed by atoms with van der Waals surface area (Å²) in [6, 6.07) is 17.0. The number of carbonyl (C=O) groups is 1. The molecule has 0 spiro atoms. The van der Waals surface area contributed by atoms with Crippen LogP contribution in [0.1, 0.15) is 5.56 Å². The predicted molar refractivity (Wildman–Crippen MR) is 123 cm³/mol. The van der Waals surface area contributed by atoms with Crippen molar-refractivity contribution in [3.8, 4) is 5.75 Å². The average molecular weight is 470 g/mol. The monoisotopic (exact) mass is 469 g/mol. The van der Waals surface area contributed by atoms with Crippen molar-refractivity contribution in [2.45, 2.75) is 11.8 Å². The van der Waals surface area contributed by atoms with Crippen LogP contribution in [-0.2, 0) is 14.8 Å². The second-order valence-electron chi connectivity index (χ2n) is 7.81. The number of benzene rings is 3. The highest BCUT2D eigenvalue weighted by molar-refractivity contribution is 7.89. The third-order valence-electron chi connectivity index (χ3n) is 5.61. The van der Waals surface area contributed by atoms with Gasteiger partial charge in [0.05, 0.1) is 9.82 Å². The van der Waals surface area contributed by atoms with Gasteiger partial charge in [-0.3, -0.25) is 14.9 Å². The van der Waals surface area contributed by atoms with Crippen LogP contribution in [0.4, 0.5) is 5.69 Å². The highest BCUT2D eigenvalue weighted by Crippen LogP contribution is 2.28. The van der Waals surface area contributed by atoms with Crippen LogP contribution in [0.5, 0.6) is 5.75 Å². The number of amides is 1. The lowest BCUT2D eigenvalue weighted by Crippen LogP contribution is -2.51. The molecule has 0 unspecified atom stereocenters. The molecule has 0 N–H and O–H groups in total. The van der Waals surface area contributed by atoms with E-state index in [0.717, 1.165) is 16.3 Å². The van der Waals surface area contributed by atoms with E-state index in [2.05, 4.69) is 0 Å². The minimum absolute atomic E-state index is 0.0332. The van der Waals surface area contributed by atoms with Crippen LogP contribution in [0, 0.1) is 17.0 Å². The lowest BCUT2D eigenvalue weighted by Gasteiger charge is -2.34. The molecule has 0 radical (unpaired) electrons. The Hall–Kier alpha value is -3.50. The van der Waals surface area contributed by atoms with Gasteiger partial charge < -0.3 is 9.64 Å². The lowest BCUT2D eigenvalue weighted by molar-refractivity contribution is -0.385. The molecule has 0 atom stereocenters. The van der Waals surface area contributed by atoms with E-state index < -0.39 is 14.9 Å². The Balaban J connectivity index is 1.38. The average Bonchev–Trinajstić information content (AvgIpc) is 2.82. The van der Waals surface area contributed by atoms with E-state index >= 15 is 0 Å². The molecule has 172 valence electrons. The number of fused-ring (bicyclic) bond motifs is 1. The molecule has 10 heteroatoms. The van der Waals surface area contributed by atoms with Crippen molar-refractivity contribution >= 4 is 32.4 Å². The zero-order chi connectivity index (χ0) is 23.6. The maximum atomic E-state index is 13.1. The van der Waals surface area contributed by atoms with Gasteiger partial charge in [-0.2, -0.15) is 4.31 Å². The van der Waals surface area contributed by atoms with Crippen LogP contribution >= 0.6 is 0 Å². The quantitative estimate of drug-likeness (QED) is 0.406. The number of hydrogen-bond donors (Lipinski definition) is 0. The number of piperazine rings is 1. The van der Waals surface area contributed by atoms with Crippen LogP contribution in [0.15, 0.2) is 65.6 Å². The van der Waals surface area contributed by atoms with Gasteiger partial charge >= 0.3 is 5.69 Å². The van der Waals surface area contributed by atoms with Gasteiger partial charge in [-0.25, -0.2) is 8.42 Å². The minimum atomic E-state index is -3.69. The summed E-state index contributed by atoms with van der Waals surface area (Å²) in [6.07, 6.45) is 0. The molecule has 0 bridgehead atoms. The van der Waals surface area contributed by atoms with Crippen molar-refractivity contribution in [2.24, 2.45) is 0 Å². The first-order chi connectivity index (χ1) is 15.8. The second kappa shape index (κ2) is 9.16. The number of rotatable bonds is 6. The van der Waals surface area contributed by atoms with Gasteiger partial charge in [-0.15, -0.1) is 0 Å². The number of aryl methyl sites for hydroxylation is 1. The van der Waals surface area contributed by atoms with Gasteiger partial charge in [0.2, 0.25) is 10.0 Å². The summed E-state index contributed by atoms with van der Waals surface area (Å²) < 4.78 is 33.0. The van der Waals surface area contributed by atoms with Gasteiger partial charge in [0.15, 0.2) is 12.4 Å². The largest absolute Gasteiger partial charge is 0.477 e. The number of nitro benzene ring substituents is 1. The number of sulfonamides is 1. The number of nitrogens with zero attached hydrogens (tertiary/aromatic N) is 3. The van der Waals surface area contributed by atoms with Crippen molar-refractivity contribution in [2.75, 3.05) is 32.8 Å². The summed E-state index contributed by atoms with van der Waals surface area (Å²) in [4.78, 5) is 24.9. The maximum absolute atomic E-state index is 13.1. The molecule has 33 heavy (non-hydrogen) atoms. The Bertz CT molecular complexity index is 1320. The predicted octanol–water partition coefficient (Wildman–Crippen LogP) is 2.97. The van der Waals surface area contributed by atoms with E-state index in [0.29, 0.717) is 0 Å². The number of hydrogen-bond acceptors (Lipinski definition) is 6.